The maximum absolute atomic E-state index is 14.7. The fraction of sp³-hybridized carbons (Fsp3) is 0.385. The smallest absolute Gasteiger partial charge is 0.251 e. The zero-order valence-electron chi connectivity index (χ0n) is 19.8. The van der Waals surface area contributed by atoms with E-state index in [1.165, 1.54) is 17.4 Å². The van der Waals surface area contributed by atoms with Gasteiger partial charge < -0.3 is 21.1 Å². The number of carbonyl (C=O) groups excluding carboxylic acids is 1. The molecule has 4 aromatic rings. The van der Waals surface area contributed by atoms with Crippen LogP contribution in [0, 0.1) is 5.82 Å². The van der Waals surface area contributed by atoms with Crippen LogP contribution in [0.1, 0.15) is 41.2 Å². The number of imidazole rings is 1. The first kappa shape index (κ1) is 24.8. The average Bonchev–Trinajstić information content (AvgIpc) is 3.44. The van der Waals surface area contributed by atoms with Crippen LogP contribution in [0.3, 0.4) is 0 Å². The molecule has 1 fully saturated rings. The maximum atomic E-state index is 14.7. The van der Waals surface area contributed by atoms with Gasteiger partial charge in [-0.05, 0) is 61.7 Å². The molecule has 36 heavy (non-hydrogen) atoms. The van der Waals surface area contributed by atoms with Crippen LogP contribution in [-0.2, 0) is 0 Å². The topological polar surface area (TPSA) is 95.9 Å². The molecule has 0 radical (unpaired) electrons. The SMILES string of the molecule is NC(CO)c1ccc(-c2cn3c(n2)sc2cc(C(=O)NCCCN4CCC(F)CC4)ccc23)c(F)c1. The van der Waals surface area contributed by atoms with E-state index in [-0.39, 0.29) is 12.5 Å². The Morgan fingerprint density at radius 2 is 2.06 bits per heavy atom. The predicted molar refractivity (Wildman–Crippen MR) is 138 cm³/mol. The second-order valence-electron chi connectivity index (χ2n) is 9.22. The lowest BCUT2D eigenvalue weighted by Gasteiger charge is -2.28. The van der Waals surface area contributed by atoms with Crippen molar-refractivity contribution < 1.29 is 18.7 Å². The van der Waals surface area contributed by atoms with Gasteiger partial charge >= 0.3 is 0 Å². The number of alkyl halides is 1. The van der Waals surface area contributed by atoms with E-state index in [0.29, 0.717) is 46.7 Å². The number of hydrogen-bond donors (Lipinski definition) is 3. The number of rotatable bonds is 8. The lowest BCUT2D eigenvalue weighted by Crippen LogP contribution is -2.36. The van der Waals surface area contributed by atoms with Crippen molar-refractivity contribution in [2.45, 2.75) is 31.5 Å². The van der Waals surface area contributed by atoms with Gasteiger partial charge in [0.05, 0.1) is 28.6 Å². The Bertz CT molecular complexity index is 1380. The zero-order chi connectivity index (χ0) is 25.2. The van der Waals surface area contributed by atoms with Gasteiger partial charge in [-0.25, -0.2) is 13.8 Å². The molecule has 10 heteroatoms. The summed E-state index contributed by atoms with van der Waals surface area (Å²) in [5, 5.41) is 12.2. The van der Waals surface area contributed by atoms with Gasteiger partial charge in [-0.15, -0.1) is 0 Å². The number of halogens is 2. The number of aromatic nitrogens is 2. The highest BCUT2D eigenvalue weighted by Crippen LogP contribution is 2.31. The lowest BCUT2D eigenvalue weighted by atomic mass is 10.0. The highest BCUT2D eigenvalue weighted by atomic mass is 32.1. The van der Waals surface area contributed by atoms with Gasteiger partial charge in [-0.2, -0.15) is 0 Å². The number of carbonyl (C=O) groups is 1. The van der Waals surface area contributed by atoms with Crippen LogP contribution in [0.5, 0.6) is 0 Å². The molecule has 3 heterocycles. The van der Waals surface area contributed by atoms with Crippen LogP contribution in [0.2, 0.25) is 0 Å². The van der Waals surface area contributed by atoms with Gasteiger partial charge in [-0.3, -0.25) is 9.20 Å². The monoisotopic (exact) mass is 513 g/mol. The number of nitrogens with one attached hydrogen (secondary N) is 1. The van der Waals surface area contributed by atoms with Gasteiger partial charge in [0.1, 0.15) is 12.0 Å². The van der Waals surface area contributed by atoms with Gasteiger partial charge in [0.15, 0.2) is 4.96 Å². The first-order valence-electron chi connectivity index (χ1n) is 12.2. The quantitative estimate of drug-likeness (QED) is 0.311. The number of hydrogen-bond acceptors (Lipinski definition) is 6. The standard InChI is InChI=1S/C26H29F2N5O2S/c27-18-6-10-32(11-7-18)9-1-8-30-25(35)17-3-5-23-24(13-17)36-26-31-22(14-33(23)26)19-4-2-16(12-20(19)28)21(29)15-34/h2-5,12-14,18,21,34H,1,6-11,15,29H2,(H,30,35). The molecule has 1 aliphatic rings. The van der Waals surface area contributed by atoms with Gasteiger partial charge in [0.2, 0.25) is 0 Å². The van der Waals surface area contributed by atoms with Crippen molar-refractivity contribution in [2.75, 3.05) is 32.8 Å². The van der Waals surface area contributed by atoms with E-state index in [1.807, 2.05) is 16.5 Å². The molecule has 4 N–H and O–H groups in total. The van der Waals surface area contributed by atoms with E-state index in [0.717, 1.165) is 36.3 Å². The van der Waals surface area contributed by atoms with E-state index in [4.69, 9.17) is 5.73 Å². The lowest BCUT2D eigenvalue weighted by molar-refractivity contribution is 0.0950. The summed E-state index contributed by atoms with van der Waals surface area (Å²) in [5.74, 6) is -0.577. The third kappa shape index (κ3) is 5.12. The minimum Gasteiger partial charge on any atom is -0.394 e. The first-order chi connectivity index (χ1) is 17.4. The molecule has 1 saturated heterocycles. The van der Waals surface area contributed by atoms with Crippen molar-refractivity contribution in [3.05, 3.63) is 59.5 Å². The zero-order valence-corrected chi connectivity index (χ0v) is 20.6. The summed E-state index contributed by atoms with van der Waals surface area (Å²) >= 11 is 1.43. The minimum absolute atomic E-state index is 0.130. The van der Waals surface area contributed by atoms with Crippen LogP contribution in [0.4, 0.5) is 8.78 Å². The first-order valence-corrected chi connectivity index (χ1v) is 13.0. The summed E-state index contributed by atoms with van der Waals surface area (Å²) in [7, 11) is 0. The molecule has 1 unspecified atom stereocenters. The highest BCUT2D eigenvalue weighted by Gasteiger charge is 2.18. The summed E-state index contributed by atoms with van der Waals surface area (Å²) in [6, 6.07) is 9.53. The highest BCUT2D eigenvalue weighted by molar-refractivity contribution is 7.23. The Balaban J connectivity index is 1.25. The number of piperidine rings is 1. The Hall–Kier alpha value is -2.92. The largest absolute Gasteiger partial charge is 0.394 e. The third-order valence-corrected chi connectivity index (χ3v) is 7.72. The third-order valence-electron chi connectivity index (χ3n) is 6.70. The van der Waals surface area contributed by atoms with Crippen LogP contribution < -0.4 is 11.1 Å². The van der Waals surface area contributed by atoms with Gasteiger partial charge in [0.25, 0.3) is 5.91 Å². The maximum Gasteiger partial charge on any atom is 0.251 e. The number of nitrogens with zero attached hydrogens (tertiary/aromatic N) is 3. The summed E-state index contributed by atoms with van der Waals surface area (Å²) in [4.78, 5) is 20.2. The van der Waals surface area contributed by atoms with Crippen LogP contribution in [0.15, 0.2) is 42.6 Å². The minimum atomic E-state index is -0.674. The van der Waals surface area contributed by atoms with E-state index in [2.05, 4.69) is 15.2 Å². The molecular weight excluding hydrogens is 484 g/mol. The summed E-state index contributed by atoms with van der Waals surface area (Å²) < 4.78 is 30.8. The summed E-state index contributed by atoms with van der Waals surface area (Å²) in [6.45, 7) is 2.73. The van der Waals surface area contributed by atoms with E-state index >= 15 is 0 Å². The van der Waals surface area contributed by atoms with Crippen molar-refractivity contribution in [1.82, 2.24) is 19.6 Å². The molecule has 1 atom stereocenters. The van der Waals surface area contributed by atoms with E-state index < -0.39 is 18.0 Å². The van der Waals surface area contributed by atoms with E-state index in [1.54, 1.807) is 24.4 Å². The molecule has 7 nitrogen and oxygen atoms in total. The number of fused-ring (bicyclic) bond motifs is 3. The Labute approximate surface area is 211 Å². The molecule has 1 aliphatic heterocycles. The average molecular weight is 514 g/mol. The van der Waals surface area contributed by atoms with Crippen molar-refractivity contribution in [3.8, 4) is 11.3 Å². The van der Waals surface area contributed by atoms with Crippen LogP contribution >= 0.6 is 11.3 Å². The molecule has 2 aromatic heterocycles. The number of aliphatic hydroxyl groups excluding tert-OH is 1. The normalized spacial score (nSPS) is 16.1. The number of thiazole rings is 1. The Kier molecular flexibility index (Phi) is 7.29. The summed E-state index contributed by atoms with van der Waals surface area (Å²) in [5.41, 5.74) is 8.64. The molecular formula is C26H29F2N5O2S. The van der Waals surface area contributed by atoms with Crippen molar-refractivity contribution in [3.63, 3.8) is 0 Å². The molecule has 2 aromatic carbocycles. The molecule has 0 aliphatic carbocycles. The van der Waals surface area contributed by atoms with Crippen LogP contribution in [-0.4, -0.2) is 64.3 Å². The Morgan fingerprint density at radius 3 is 2.81 bits per heavy atom. The number of amides is 1. The van der Waals surface area contributed by atoms with E-state index in [9.17, 15) is 18.7 Å². The number of benzene rings is 2. The van der Waals surface area contributed by atoms with Crippen molar-refractivity contribution >= 4 is 32.4 Å². The van der Waals surface area contributed by atoms with Gasteiger partial charge in [-0.1, -0.05) is 17.4 Å². The molecule has 0 bridgehead atoms. The van der Waals surface area contributed by atoms with Crippen molar-refractivity contribution in [2.24, 2.45) is 5.73 Å². The molecule has 0 saturated carbocycles. The summed E-state index contributed by atoms with van der Waals surface area (Å²) in [6.07, 6.45) is 3.12. The molecule has 0 spiro atoms. The molecule has 1 amide bonds. The van der Waals surface area contributed by atoms with Gasteiger partial charge in [0, 0.05) is 37.0 Å². The number of nitrogens with two attached hydrogens (primary N) is 1. The molecule has 190 valence electrons. The predicted octanol–water partition coefficient (Wildman–Crippen LogP) is 3.90. The Morgan fingerprint density at radius 1 is 1.25 bits per heavy atom. The van der Waals surface area contributed by atoms with Crippen LogP contribution in [0.25, 0.3) is 26.4 Å². The fourth-order valence-electron chi connectivity index (χ4n) is 4.58. The van der Waals surface area contributed by atoms with Crippen molar-refractivity contribution in [1.29, 1.82) is 0 Å². The second kappa shape index (κ2) is 10.6. The number of likely N-dealkylation sites (tertiary alicyclic amines) is 1. The second-order valence-corrected chi connectivity index (χ2v) is 10.2. The fourth-order valence-corrected chi connectivity index (χ4v) is 5.63. The number of aliphatic hydroxyl groups is 1. The molecule has 5 rings (SSSR count).